The monoisotopic (exact) mass is 156 g/mol. The fourth-order valence-corrected chi connectivity index (χ4v) is 1.09. The van der Waals surface area contributed by atoms with Crippen LogP contribution in [-0.2, 0) is 9.47 Å². The smallest absolute Gasteiger partial charge is 0.179 e. The minimum Gasteiger partial charge on any atom is -0.346 e. The summed E-state index contributed by atoms with van der Waals surface area (Å²) in [6.07, 6.45) is 4.44. The molecule has 11 heavy (non-hydrogen) atoms. The van der Waals surface area contributed by atoms with Crippen molar-refractivity contribution in [2.75, 3.05) is 13.2 Å². The lowest BCUT2D eigenvalue weighted by Gasteiger charge is -2.08. The van der Waals surface area contributed by atoms with Gasteiger partial charge in [0.15, 0.2) is 6.29 Å². The van der Waals surface area contributed by atoms with E-state index in [1.54, 1.807) is 0 Å². The van der Waals surface area contributed by atoms with Gasteiger partial charge in [0.2, 0.25) is 0 Å². The van der Waals surface area contributed by atoms with Crippen LogP contribution in [0.4, 0.5) is 0 Å². The van der Waals surface area contributed by atoms with Gasteiger partial charge in [0, 0.05) is 0 Å². The molecule has 0 unspecified atom stereocenters. The summed E-state index contributed by atoms with van der Waals surface area (Å²) in [5, 5.41) is 0. The summed E-state index contributed by atoms with van der Waals surface area (Å²) in [7, 11) is 0. The fourth-order valence-electron chi connectivity index (χ4n) is 1.09. The number of ether oxygens (including phenoxy) is 2. The Morgan fingerprint density at radius 1 is 1.45 bits per heavy atom. The number of unbranched alkanes of at least 4 members (excludes halogenated alkanes) is 1. The van der Waals surface area contributed by atoms with Crippen LogP contribution < -0.4 is 0 Å². The van der Waals surface area contributed by atoms with E-state index in [2.05, 4.69) is 19.9 Å². The van der Waals surface area contributed by atoms with Crippen molar-refractivity contribution in [2.24, 2.45) is 0 Å². The Hall–Kier alpha value is -0.340. The molecule has 1 saturated heterocycles. The van der Waals surface area contributed by atoms with E-state index < -0.39 is 0 Å². The van der Waals surface area contributed by atoms with Gasteiger partial charge < -0.3 is 9.47 Å². The first-order chi connectivity index (χ1) is 5.34. The Kier molecular flexibility index (Phi) is 3.60. The lowest BCUT2D eigenvalue weighted by molar-refractivity contribution is -0.0112. The van der Waals surface area contributed by atoms with Crippen molar-refractivity contribution in [3.05, 3.63) is 11.6 Å². The molecule has 0 spiro atoms. The molecule has 0 atom stereocenters. The normalized spacial score (nSPS) is 21.1. The van der Waals surface area contributed by atoms with Crippen molar-refractivity contribution in [1.29, 1.82) is 0 Å². The van der Waals surface area contributed by atoms with Crippen LogP contribution in [-0.4, -0.2) is 19.5 Å². The molecular formula is C9H16O2. The molecule has 1 rings (SSSR count). The summed E-state index contributed by atoms with van der Waals surface area (Å²) in [6.45, 7) is 5.70. The van der Waals surface area contributed by atoms with Gasteiger partial charge in [0.1, 0.15) is 0 Å². The van der Waals surface area contributed by atoms with Crippen LogP contribution in [0.2, 0.25) is 0 Å². The van der Waals surface area contributed by atoms with Crippen molar-refractivity contribution in [3.8, 4) is 0 Å². The molecule has 1 fully saturated rings. The standard InChI is InChI=1S/C9H16O2/c1-3-4-5-8(2)9-10-6-7-11-9/h5,9H,3-4,6-7H2,1-2H3. The van der Waals surface area contributed by atoms with Crippen LogP contribution in [0.3, 0.4) is 0 Å². The zero-order valence-electron chi connectivity index (χ0n) is 7.30. The summed E-state index contributed by atoms with van der Waals surface area (Å²) in [4.78, 5) is 0. The van der Waals surface area contributed by atoms with Gasteiger partial charge >= 0.3 is 0 Å². The topological polar surface area (TPSA) is 18.5 Å². The molecule has 0 saturated carbocycles. The van der Waals surface area contributed by atoms with E-state index in [9.17, 15) is 0 Å². The van der Waals surface area contributed by atoms with E-state index in [1.807, 2.05) is 0 Å². The number of allylic oxidation sites excluding steroid dienone is 1. The first-order valence-corrected chi connectivity index (χ1v) is 4.24. The Morgan fingerprint density at radius 3 is 2.64 bits per heavy atom. The van der Waals surface area contributed by atoms with Gasteiger partial charge in [-0.15, -0.1) is 0 Å². The Bertz CT molecular complexity index is 134. The van der Waals surface area contributed by atoms with E-state index in [0.717, 1.165) is 19.6 Å². The van der Waals surface area contributed by atoms with Crippen molar-refractivity contribution in [3.63, 3.8) is 0 Å². The lowest BCUT2D eigenvalue weighted by atomic mass is 10.2. The molecule has 0 radical (unpaired) electrons. The second kappa shape index (κ2) is 4.52. The largest absolute Gasteiger partial charge is 0.346 e. The maximum Gasteiger partial charge on any atom is 0.179 e. The number of hydrogen-bond acceptors (Lipinski definition) is 2. The van der Waals surface area contributed by atoms with Crippen LogP contribution >= 0.6 is 0 Å². The second-order valence-corrected chi connectivity index (χ2v) is 2.81. The molecule has 0 aromatic carbocycles. The van der Waals surface area contributed by atoms with Crippen LogP contribution in [0.1, 0.15) is 26.7 Å². The van der Waals surface area contributed by atoms with Gasteiger partial charge in [-0.2, -0.15) is 0 Å². The fraction of sp³-hybridized carbons (Fsp3) is 0.778. The van der Waals surface area contributed by atoms with Crippen molar-refractivity contribution >= 4 is 0 Å². The molecule has 0 N–H and O–H groups in total. The average molecular weight is 156 g/mol. The molecule has 1 heterocycles. The molecule has 0 amide bonds. The highest BCUT2D eigenvalue weighted by Crippen LogP contribution is 2.13. The summed E-state index contributed by atoms with van der Waals surface area (Å²) < 4.78 is 10.6. The third-order valence-electron chi connectivity index (χ3n) is 1.75. The Morgan fingerprint density at radius 2 is 2.09 bits per heavy atom. The first-order valence-electron chi connectivity index (χ1n) is 4.24. The Labute approximate surface area is 68.2 Å². The van der Waals surface area contributed by atoms with Gasteiger partial charge in [-0.1, -0.05) is 19.4 Å². The van der Waals surface area contributed by atoms with E-state index >= 15 is 0 Å². The minimum atomic E-state index is -0.0541. The predicted molar refractivity (Wildman–Crippen MR) is 44.4 cm³/mol. The maximum atomic E-state index is 5.32. The molecule has 0 aromatic heterocycles. The molecule has 1 aliphatic rings. The second-order valence-electron chi connectivity index (χ2n) is 2.81. The van der Waals surface area contributed by atoms with Crippen LogP contribution in [0.5, 0.6) is 0 Å². The van der Waals surface area contributed by atoms with E-state index in [-0.39, 0.29) is 6.29 Å². The van der Waals surface area contributed by atoms with E-state index in [1.165, 1.54) is 12.0 Å². The summed E-state index contributed by atoms with van der Waals surface area (Å²) in [5.74, 6) is 0. The zero-order valence-corrected chi connectivity index (χ0v) is 7.30. The van der Waals surface area contributed by atoms with Gasteiger partial charge in [0.25, 0.3) is 0 Å². The van der Waals surface area contributed by atoms with Crippen molar-refractivity contribution in [1.82, 2.24) is 0 Å². The predicted octanol–water partition coefficient (Wildman–Crippen LogP) is 2.11. The van der Waals surface area contributed by atoms with Gasteiger partial charge in [-0.05, 0) is 18.9 Å². The van der Waals surface area contributed by atoms with Crippen molar-refractivity contribution < 1.29 is 9.47 Å². The molecule has 64 valence electrons. The molecular weight excluding hydrogens is 140 g/mol. The molecule has 2 nitrogen and oxygen atoms in total. The lowest BCUT2D eigenvalue weighted by Crippen LogP contribution is -2.08. The highest BCUT2D eigenvalue weighted by atomic mass is 16.7. The Balaban J connectivity index is 2.32. The SMILES string of the molecule is CCCC=C(C)C1OCCO1. The molecule has 2 heteroatoms. The van der Waals surface area contributed by atoms with Crippen LogP contribution in [0.15, 0.2) is 11.6 Å². The van der Waals surface area contributed by atoms with E-state index in [0.29, 0.717) is 0 Å². The van der Waals surface area contributed by atoms with Gasteiger partial charge in [-0.25, -0.2) is 0 Å². The number of rotatable bonds is 3. The van der Waals surface area contributed by atoms with Crippen molar-refractivity contribution in [2.45, 2.75) is 33.0 Å². The first kappa shape index (κ1) is 8.75. The molecule has 0 aliphatic carbocycles. The van der Waals surface area contributed by atoms with Crippen LogP contribution in [0, 0.1) is 0 Å². The summed E-state index contributed by atoms with van der Waals surface area (Å²) >= 11 is 0. The summed E-state index contributed by atoms with van der Waals surface area (Å²) in [5.41, 5.74) is 1.21. The van der Waals surface area contributed by atoms with Crippen LogP contribution in [0.25, 0.3) is 0 Å². The maximum absolute atomic E-state index is 5.32. The minimum absolute atomic E-state index is 0.0541. The zero-order chi connectivity index (χ0) is 8.10. The highest BCUT2D eigenvalue weighted by Gasteiger charge is 2.16. The molecule has 1 aliphatic heterocycles. The molecule has 0 bridgehead atoms. The quantitative estimate of drug-likeness (QED) is 0.582. The summed E-state index contributed by atoms with van der Waals surface area (Å²) in [6, 6.07) is 0. The third kappa shape index (κ3) is 2.64. The third-order valence-corrected chi connectivity index (χ3v) is 1.75. The highest BCUT2D eigenvalue weighted by molar-refractivity contribution is 5.02. The molecule has 0 aromatic rings. The number of hydrogen-bond donors (Lipinski definition) is 0. The van der Waals surface area contributed by atoms with Gasteiger partial charge in [-0.3, -0.25) is 0 Å². The average Bonchev–Trinajstić information content (AvgIpc) is 2.52. The van der Waals surface area contributed by atoms with Gasteiger partial charge in [0.05, 0.1) is 13.2 Å². The van der Waals surface area contributed by atoms with E-state index in [4.69, 9.17) is 9.47 Å².